The maximum atomic E-state index is 13.7. The molecular weight excluding hydrogens is 271 g/mol. The number of hydrogen-bond acceptors (Lipinski definition) is 3. The number of halogens is 1. The highest BCUT2D eigenvalue weighted by atomic mass is 19.1. The Hall–Kier alpha value is -1.62. The molecule has 0 heterocycles. The Bertz CT molecular complexity index is 513. The van der Waals surface area contributed by atoms with Gasteiger partial charge in [0, 0.05) is 23.7 Å². The molecule has 1 fully saturated rings. The summed E-state index contributed by atoms with van der Waals surface area (Å²) in [5.41, 5.74) is 0.142. The Labute approximate surface area is 125 Å². The largest absolute Gasteiger partial charge is 0.444 e. The van der Waals surface area contributed by atoms with E-state index in [1.807, 2.05) is 33.8 Å². The molecule has 1 aliphatic carbocycles. The van der Waals surface area contributed by atoms with Crippen LogP contribution in [0.3, 0.4) is 0 Å². The van der Waals surface area contributed by atoms with Crippen molar-refractivity contribution in [1.82, 2.24) is 10.6 Å². The van der Waals surface area contributed by atoms with Crippen molar-refractivity contribution < 1.29 is 13.9 Å². The summed E-state index contributed by atoms with van der Waals surface area (Å²) in [5.74, 6) is -0.213. The van der Waals surface area contributed by atoms with Crippen LogP contribution in [0.4, 0.5) is 9.18 Å². The van der Waals surface area contributed by atoms with E-state index in [0.717, 1.165) is 6.42 Å². The van der Waals surface area contributed by atoms with Gasteiger partial charge in [0.15, 0.2) is 0 Å². The highest BCUT2D eigenvalue weighted by molar-refractivity contribution is 5.68. The molecule has 3 atom stereocenters. The molecule has 21 heavy (non-hydrogen) atoms. The van der Waals surface area contributed by atoms with Crippen LogP contribution in [0.25, 0.3) is 0 Å². The van der Waals surface area contributed by atoms with Gasteiger partial charge in [-0.05, 0) is 40.2 Å². The second kappa shape index (κ2) is 6.02. The minimum atomic E-state index is -0.498. The number of alkyl carbamates (subject to hydrolysis) is 1. The van der Waals surface area contributed by atoms with Crippen LogP contribution in [-0.4, -0.2) is 23.8 Å². The van der Waals surface area contributed by atoms with Crippen molar-refractivity contribution in [3.8, 4) is 0 Å². The SMILES string of the molecule is CC(NC1CC1NC(=O)OC(C)(C)C)c1ccccc1F. The Morgan fingerprint density at radius 3 is 2.62 bits per heavy atom. The summed E-state index contributed by atoms with van der Waals surface area (Å²) in [7, 11) is 0. The van der Waals surface area contributed by atoms with E-state index < -0.39 is 11.7 Å². The molecule has 0 radical (unpaired) electrons. The van der Waals surface area contributed by atoms with Crippen molar-refractivity contribution >= 4 is 6.09 Å². The molecule has 3 unspecified atom stereocenters. The first-order valence-corrected chi connectivity index (χ1v) is 7.26. The van der Waals surface area contributed by atoms with E-state index >= 15 is 0 Å². The molecule has 0 aliphatic heterocycles. The lowest BCUT2D eigenvalue weighted by Crippen LogP contribution is -2.37. The molecule has 5 heteroatoms. The molecule has 4 nitrogen and oxygen atoms in total. The van der Waals surface area contributed by atoms with Crippen LogP contribution in [0.1, 0.15) is 45.7 Å². The molecule has 1 saturated carbocycles. The number of carbonyl (C=O) groups is 1. The first-order chi connectivity index (χ1) is 9.76. The van der Waals surface area contributed by atoms with Gasteiger partial charge in [0.1, 0.15) is 11.4 Å². The van der Waals surface area contributed by atoms with Gasteiger partial charge >= 0.3 is 6.09 Å². The van der Waals surface area contributed by atoms with E-state index in [2.05, 4.69) is 10.6 Å². The van der Waals surface area contributed by atoms with E-state index in [-0.39, 0.29) is 23.9 Å². The predicted molar refractivity (Wildman–Crippen MR) is 79.5 cm³/mol. The van der Waals surface area contributed by atoms with E-state index in [1.54, 1.807) is 12.1 Å². The first kappa shape index (κ1) is 15.8. The fourth-order valence-electron chi connectivity index (χ4n) is 2.23. The fourth-order valence-corrected chi connectivity index (χ4v) is 2.23. The second-order valence-electron chi connectivity index (χ2n) is 6.50. The van der Waals surface area contributed by atoms with Gasteiger partial charge in [0.25, 0.3) is 0 Å². The molecule has 0 saturated heterocycles. The Morgan fingerprint density at radius 2 is 2.00 bits per heavy atom. The molecule has 1 aromatic carbocycles. The predicted octanol–water partition coefficient (Wildman–Crippen LogP) is 3.14. The third-order valence-corrected chi connectivity index (χ3v) is 3.33. The van der Waals surface area contributed by atoms with Crippen molar-refractivity contribution in [3.05, 3.63) is 35.6 Å². The molecule has 0 spiro atoms. The number of hydrogen-bond donors (Lipinski definition) is 2. The topological polar surface area (TPSA) is 50.4 Å². The molecule has 116 valence electrons. The normalized spacial score (nSPS) is 22.5. The molecule has 0 bridgehead atoms. The lowest BCUT2D eigenvalue weighted by Gasteiger charge is -2.20. The Balaban J connectivity index is 1.80. The van der Waals surface area contributed by atoms with Gasteiger partial charge in [0.2, 0.25) is 0 Å². The van der Waals surface area contributed by atoms with E-state index in [4.69, 9.17) is 4.74 Å². The van der Waals surface area contributed by atoms with Crippen LogP contribution in [0.5, 0.6) is 0 Å². The minimum Gasteiger partial charge on any atom is -0.444 e. The van der Waals surface area contributed by atoms with Gasteiger partial charge in [-0.1, -0.05) is 18.2 Å². The van der Waals surface area contributed by atoms with Crippen LogP contribution in [0.15, 0.2) is 24.3 Å². The summed E-state index contributed by atoms with van der Waals surface area (Å²) in [6, 6.07) is 6.83. The quantitative estimate of drug-likeness (QED) is 0.897. The first-order valence-electron chi connectivity index (χ1n) is 7.26. The van der Waals surface area contributed by atoms with Gasteiger partial charge in [0.05, 0.1) is 0 Å². The van der Waals surface area contributed by atoms with E-state index in [1.165, 1.54) is 6.07 Å². The maximum absolute atomic E-state index is 13.7. The zero-order chi connectivity index (χ0) is 15.6. The summed E-state index contributed by atoms with van der Waals surface area (Å²) in [4.78, 5) is 11.6. The van der Waals surface area contributed by atoms with Gasteiger partial charge < -0.3 is 15.4 Å². The van der Waals surface area contributed by atoms with Gasteiger partial charge in [-0.3, -0.25) is 0 Å². The summed E-state index contributed by atoms with van der Waals surface area (Å²) in [6.07, 6.45) is 0.424. The van der Waals surface area contributed by atoms with Crippen molar-refractivity contribution in [2.24, 2.45) is 0 Å². The molecule has 2 rings (SSSR count). The van der Waals surface area contributed by atoms with Crippen molar-refractivity contribution in [3.63, 3.8) is 0 Å². The van der Waals surface area contributed by atoms with Crippen molar-refractivity contribution in [2.75, 3.05) is 0 Å². The summed E-state index contributed by atoms with van der Waals surface area (Å²) >= 11 is 0. The highest BCUT2D eigenvalue weighted by Crippen LogP contribution is 2.26. The number of benzene rings is 1. The molecule has 0 aromatic heterocycles. The number of nitrogens with one attached hydrogen (secondary N) is 2. The van der Waals surface area contributed by atoms with Gasteiger partial charge in [-0.15, -0.1) is 0 Å². The van der Waals surface area contributed by atoms with Crippen LogP contribution in [-0.2, 0) is 4.74 Å². The lowest BCUT2D eigenvalue weighted by molar-refractivity contribution is 0.0522. The zero-order valence-corrected chi connectivity index (χ0v) is 12.9. The summed E-state index contributed by atoms with van der Waals surface area (Å²) in [5, 5.41) is 6.13. The summed E-state index contributed by atoms with van der Waals surface area (Å²) in [6.45, 7) is 7.40. The highest BCUT2D eigenvalue weighted by Gasteiger charge is 2.40. The number of rotatable bonds is 4. The third kappa shape index (κ3) is 4.70. The Morgan fingerprint density at radius 1 is 1.33 bits per heavy atom. The van der Waals surface area contributed by atoms with Gasteiger partial charge in [-0.25, -0.2) is 9.18 Å². The van der Waals surface area contributed by atoms with E-state index in [9.17, 15) is 9.18 Å². The lowest BCUT2D eigenvalue weighted by atomic mass is 10.1. The number of ether oxygens (including phenoxy) is 1. The van der Waals surface area contributed by atoms with E-state index in [0.29, 0.717) is 5.56 Å². The third-order valence-electron chi connectivity index (χ3n) is 3.33. The van der Waals surface area contributed by atoms with Crippen molar-refractivity contribution in [1.29, 1.82) is 0 Å². The molecule has 2 N–H and O–H groups in total. The zero-order valence-electron chi connectivity index (χ0n) is 12.9. The van der Waals surface area contributed by atoms with Gasteiger partial charge in [-0.2, -0.15) is 0 Å². The molecule has 1 aliphatic rings. The van der Waals surface area contributed by atoms with Crippen LogP contribution < -0.4 is 10.6 Å². The minimum absolute atomic E-state index is 0.0501. The fraction of sp³-hybridized carbons (Fsp3) is 0.562. The molecular formula is C16H23FN2O2. The van der Waals surface area contributed by atoms with Crippen LogP contribution in [0.2, 0.25) is 0 Å². The molecule has 1 amide bonds. The smallest absolute Gasteiger partial charge is 0.407 e. The summed E-state index contributed by atoms with van der Waals surface area (Å²) < 4.78 is 18.9. The standard InChI is InChI=1S/C16H23FN2O2/c1-10(11-7-5-6-8-12(11)17)18-13-9-14(13)19-15(20)21-16(2,3)4/h5-8,10,13-14,18H,9H2,1-4H3,(H,19,20). The second-order valence-corrected chi connectivity index (χ2v) is 6.50. The number of carbonyl (C=O) groups excluding carboxylic acids is 1. The monoisotopic (exact) mass is 294 g/mol. The van der Waals surface area contributed by atoms with Crippen LogP contribution >= 0.6 is 0 Å². The average molecular weight is 294 g/mol. The van der Waals surface area contributed by atoms with Crippen molar-refractivity contribution in [2.45, 2.75) is 57.8 Å². The molecule has 1 aromatic rings. The average Bonchev–Trinajstić information content (AvgIpc) is 3.04. The number of amides is 1. The van der Waals surface area contributed by atoms with Crippen LogP contribution in [0, 0.1) is 5.82 Å². The maximum Gasteiger partial charge on any atom is 0.407 e. The Kier molecular flexibility index (Phi) is 4.52.